The molecule has 1 aliphatic rings. The normalized spacial score (nSPS) is 24.7. The zero-order valence-electron chi connectivity index (χ0n) is 9.63. The minimum atomic E-state index is 0.322. The van der Waals surface area contributed by atoms with Gasteiger partial charge in [0.05, 0.1) is 6.04 Å². The van der Waals surface area contributed by atoms with Crippen molar-refractivity contribution in [3.05, 3.63) is 36.0 Å². The lowest BCUT2D eigenvalue weighted by molar-refractivity contribution is 0.613. The molecule has 1 rings (SSSR count). The molecule has 0 saturated heterocycles. The van der Waals surface area contributed by atoms with Gasteiger partial charge in [-0.05, 0) is 26.3 Å². The van der Waals surface area contributed by atoms with Crippen LogP contribution in [-0.4, -0.2) is 16.2 Å². The first kappa shape index (κ1) is 12.7. The highest BCUT2D eigenvalue weighted by atomic mass is 127. The lowest BCUT2D eigenvalue weighted by Gasteiger charge is -2.27. The standard InChI is InChI=1S/C13H18IN/c1-9(2)7-10(3)12-5-6-13(12)15-11(4)8-14/h5-7,12-13H,3,8H2,1-2,4H3. The first-order valence-electron chi connectivity index (χ1n) is 5.16. The molecular formula is C13H18IN. The van der Waals surface area contributed by atoms with Crippen LogP contribution < -0.4 is 0 Å². The molecule has 0 fully saturated rings. The molecule has 2 unspecified atom stereocenters. The van der Waals surface area contributed by atoms with Crippen molar-refractivity contribution in [3.8, 4) is 0 Å². The summed E-state index contributed by atoms with van der Waals surface area (Å²) >= 11 is 2.34. The number of nitrogens with zero attached hydrogens (tertiary/aromatic N) is 1. The summed E-state index contributed by atoms with van der Waals surface area (Å²) in [5.74, 6) is 0.415. The first-order valence-corrected chi connectivity index (χ1v) is 6.68. The maximum atomic E-state index is 4.64. The van der Waals surface area contributed by atoms with Gasteiger partial charge in [-0.3, -0.25) is 4.99 Å². The van der Waals surface area contributed by atoms with Crippen molar-refractivity contribution in [1.82, 2.24) is 0 Å². The molecule has 0 saturated carbocycles. The van der Waals surface area contributed by atoms with Crippen LogP contribution in [0.4, 0.5) is 0 Å². The van der Waals surface area contributed by atoms with E-state index >= 15 is 0 Å². The van der Waals surface area contributed by atoms with Gasteiger partial charge in [0.25, 0.3) is 0 Å². The highest BCUT2D eigenvalue weighted by molar-refractivity contribution is 14.1. The van der Waals surface area contributed by atoms with Crippen LogP contribution >= 0.6 is 22.6 Å². The summed E-state index contributed by atoms with van der Waals surface area (Å²) in [6, 6.07) is 0.322. The van der Waals surface area contributed by atoms with Gasteiger partial charge >= 0.3 is 0 Å². The Balaban J connectivity index is 2.65. The molecular weight excluding hydrogens is 297 g/mol. The van der Waals surface area contributed by atoms with E-state index in [1.165, 1.54) is 16.9 Å². The van der Waals surface area contributed by atoms with Gasteiger partial charge in [-0.25, -0.2) is 0 Å². The number of halogens is 1. The number of allylic oxidation sites excluding steroid dienone is 2. The molecule has 0 aromatic carbocycles. The number of alkyl halides is 1. The summed E-state index contributed by atoms with van der Waals surface area (Å²) in [5, 5.41) is 0. The summed E-state index contributed by atoms with van der Waals surface area (Å²) in [6.45, 7) is 10.4. The zero-order chi connectivity index (χ0) is 11.4. The monoisotopic (exact) mass is 315 g/mol. The van der Waals surface area contributed by atoms with E-state index in [1.54, 1.807) is 0 Å². The lowest BCUT2D eigenvalue weighted by atomic mass is 9.83. The van der Waals surface area contributed by atoms with Gasteiger partial charge in [0.2, 0.25) is 0 Å². The fourth-order valence-electron chi connectivity index (χ4n) is 1.54. The fourth-order valence-corrected chi connectivity index (χ4v) is 1.74. The molecule has 2 heteroatoms. The van der Waals surface area contributed by atoms with Gasteiger partial charge in [-0.1, -0.05) is 53.0 Å². The maximum Gasteiger partial charge on any atom is 0.0782 e. The minimum Gasteiger partial charge on any atom is -0.285 e. The van der Waals surface area contributed by atoms with Crippen LogP contribution in [-0.2, 0) is 0 Å². The lowest BCUT2D eigenvalue weighted by Crippen LogP contribution is -2.25. The smallest absolute Gasteiger partial charge is 0.0782 e. The molecule has 0 N–H and O–H groups in total. The number of aliphatic imine (C=N–C) groups is 1. The molecule has 0 radical (unpaired) electrons. The van der Waals surface area contributed by atoms with Gasteiger partial charge in [0, 0.05) is 16.1 Å². The summed E-state index contributed by atoms with van der Waals surface area (Å²) in [5.41, 5.74) is 3.68. The van der Waals surface area contributed by atoms with Crippen molar-refractivity contribution in [2.45, 2.75) is 26.8 Å². The van der Waals surface area contributed by atoms with Crippen molar-refractivity contribution >= 4 is 28.3 Å². The van der Waals surface area contributed by atoms with E-state index in [2.05, 4.69) is 73.2 Å². The molecule has 0 aromatic rings. The fraction of sp³-hybridized carbons (Fsp3) is 0.462. The third kappa shape index (κ3) is 3.59. The topological polar surface area (TPSA) is 12.4 Å². The Morgan fingerprint density at radius 1 is 1.40 bits per heavy atom. The van der Waals surface area contributed by atoms with E-state index in [0.29, 0.717) is 12.0 Å². The third-order valence-electron chi connectivity index (χ3n) is 2.35. The molecule has 2 atom stereocenters. The Hall–Kier alpha value is -0.380. The van der Waals surface area contributed by atoms with E-state index in [0.717, 1.165) is 4.43 Å². The Bertz CT molecular complexity index is 332. The highest BCUT2D eigenvalue weighted by Crippen LogP contribution is 2.29. The van der Waals surface area contributed by atoms with E-state index in [1.807, 2.05) is 0 Å². The van der Waals surface area contributed by atoms with E-state index in [9.17, 15) is 0 Å². The van der Waals surface area contributed by atoms with Crippen LogP contribution in [0, 0.1) is 5.92 Å². The van der Waals surface area contributed by atoms with Gasteiger partial charge in [0.15, 0.2) is 0 Å². The second kappa shape index (κ2) is 5.64. The largest absolute Gasteiger partial charge is 0.285 e. The second-order valence-corrected chi connectivity index (χ2v) is 4.96. The van der Waals surface area contributed by atoms with E-state index < -0.39 is 0 Å². The molecule has 0 aliphatic heterocycles. The third-order valence-corrected chi connectivity index (χ3v) is 3.45. The van der Waals surface area contributed by atoms with Crippen molar-refractivity contribution in [2.75, 3.05) is 4.43 Å². The van der Waals surface area contributed by atoms with Gasteiger partial charge in [-0.2, -0.15) is 0 Å². The average Bonchev–Trinajstić information content (AvgIpc) is 2.10. The molecule has 82 valence electrons. The Kier molecular flexibility index (Phi) is 4.77. The summed E-state index contributed by atoms with van der Waals surface area (Å²) in [6.07, 6.45) is 6.50. The maximum absolute atomic E-state index is 4.64. The molecule has 0 bridgehead atoms. The van der Waals surface area contributed by atoms with E-state index in [4.69, 9.17) is 0 Å². The predicted molar refractivity (Wildman–Crippen MR) is 77.0 cm³/mol. The Morgan fingerprint density at radius 3 is 2.47 bits per heavy atom. The molecule has 0 spiro atoms. The number of hydrogen-bond donors (Lipinski definition) is 0. The molecule has 15 heavy (non-hydrogen) atoms. The van der Waals surface area contributed by atoms with Gasteiger partial charge in [0.1, 0.15) is 0 Å². The Labute approximate surface area is 106 Å². The first-order chi connectivity index (χ1) is 7.04. The highest BCUT2D eigenvalue weighted by Gasteiger charge is 2.24. The number of rotatable bonds is 4. The van der Waals surface area contributed by atoms with Crippen LogP contribution in [0.15, 0.2) is 40.9 Å². The molecule has 1 nitrogen and oxygen atoms in total. The van der Waals surface area contributed by atoms with Crippen LogP contribution in [0.3, 0.4) is 0 Å². The molecule has 0 heterocycles. The van der Waals surface area contributed by atoms with Crippen molar-refractivity contribution in [1.29, 1.82) is 0 Å². The van der Waals surface area contributed by atoms with Crippen LogP contribution in [0.2, 0.25) is 0 Å². The Morgan fingerprint density at radius 2 is 2.07 bits per heavy atom. The SMILES string of the molecule is C=C(C=C(C)C)C1C=CC1N=C(C)CI. The van der Waals surface area contributed by atoms with Crippen molar-refractivity contribution < 1.29 is 0 Å². The van der Waals surface area contributed by atoms with E-state index in [-0.39, 0.29) is 0 Å². The average molecular weight is 315 g/mol. The van der Waals surface area contributed by atoms with Crippen LogP contribution in [0.1, 0.15) is 20.8 Å². The van der Waals surface area contributed by atoms with Crippen LogP contribution in [0.25, 0.3) is 0 Å². The summed E-state index contributed by atoms with van der Waals surface area (Å²) in [7, 11) is 0. The summed E-state index contributed by atoms with van der Waals surface area (Å²) < 4.78 is 1.00. The molecule has 1 aliphatic carbocycles. The number of hydrogen-bond acceptors (Lipinski definition) is 1. The van der Waals surface area contributed by atoms with Crippen molar-refractivity contribution in [3.63, 3.8) is 0 Å². The van der Waals surface area contributed by atoms with Gasteiger partial charge < -0.3 is 0 Å². The quantitative estimate of drug-likeness (QED) is 0.245. The van der Waals surface area contributed by atoms with Crippen LogP contribution in [0.5, 0.6) is 0 Å². The predicted octanol–water partition coefficient (Wildman–Crippen LogP) is 3.96. The molecule has 0 aromatic heterocycles. The van der Waals surface area contributed by atoms with Crippen molar-refractivity contribution in [2.24, 2.45) is 10.9 Å². The zero-order valence-corrected chi connectivity index (χ0v) is 11.8. The second-order valence-electron chi connectivity index (χ2n) is 4.20. The summed E-state index contributed by atoms with van der Waals surface area (Å²) in [4.78, 5) is 4.64. The van der Waals surface area contributed by atoms with Gasteiger partial charge in [-0.15, -0.1) is 0 Å². The minimum absolute atomic E-state index is 0.322. The molecule has 0 amide bonds.